The monoisotopic (exact) mass is 259 g/mol. The van der Waals surface area contributed by atoms with Crippen LogP contribution in [0.2, 0.25) is 0 Å². The summed E-state index contributed by atoms with van der Waals surface area (Å²) < 4.78 is 10.4. The molecule has 5 nitrogen and oxygen atoms in total. The molecule has 19 heavy (non-hydrogen) atoms. The number of nitrogens with two attached hydrogens (primary N) is 1. The van der Waals surface area contributed by atoms with Gasteiger partial charge in [0.2, 0.25) is 5.88 Å². The third-order valence-corrected chi connectivity index (χ3v) is 2.70. The SMILES string of the molecule is COc1cccc(NCc2cc(N)ccc2OC)n1. The van der Waals surface area contributed by atoms with Gasteiger partial charge in [-0.05, 0) is 24.3 Å². The van der Waals surface area contributed by atoms with Crippen LogP contribution in [0.4, 0.5) is 11.5 Å². The third-order valence-electron chi connectivity index (χ3n) is 2.70. The average Bonchev–Trinajstić information content (AvgIpc) is 2.45. The lowest BCUT2D eigenvalue weighted by Crippen LogP contribution is -2.04. The lowest BCUT2D eigenvalue weighted by Gasteiger charge is -2.11. The van der Waals surface area contributed by atoms with Crippen molar-refractivity contribution in [3.05, 3.63) is 42.0 Å². The Hall–Kier alpha value is -2.43. The Morgan fingerprint density at radius 1 is 1.16 bits per heavy atom. The van der Waals surface area contributed by atoms with Gasteiger partial charge >= 0.3 is 0 Å². The molecule has 0 unspecified atom stereocenters. The van der Waals surface area contributed by atoms with Gasteiger partial charge in [0.1, 0.15) is 11.6 Å². The summed E-state index contributed by atoms with van der Waals surface area (Å²) in [6.07, 6.45) is 0. The number of aromatic nitrogens is 1. The Kier molecular flexibility index (Phi) is 4.07. The Labute approximate surface area is 112 Å². The number of benzene rings is 1. The summed E-state index contributed by atoms with van der Waals surface area (Å²) in [7, 11) is 3.23. The number of rotatable bonds is 5. The van der Waals surface area contributed by atoms with Gasteiger partial charge in [-0.3, -0.25) is 0 Å². The first-order valence-corrected chi connectivity index (χ1v) is 5.90. The van der Waals surface area contributed by atoms with Crippen molar-refractivity contribution in [2.45, 2.75) is 6.54 Å². The van der Waals surface area contributed by atoms with Gasteiger partial charge in [0.25, 0.3) is 0 Å². The van der Waals surface area contributed by atoms with Crippen LogP contribution in [-0.2, 0) is 6.54 Å². The maximum absolute atomic E-state index is 5.78. The minimum atomic E-state index is 0.574. The van der Waals surface area contributed by atoms with E-state index >= 15 is 0 Å². The van der Waals surface area contributed by atoms with Gasteiger partial charge < -0.3 is 20.5 Å². The molecular weight excluding hydrogens is 242 g/mol. The first-order valence-electron chi connectivity index (χ1n) is 5.90. The molecule has 2 rings (SSSR count). The van der Waals surface area contributed by atoms with E-state index in [1.807, 2.05) is 30.3 Å². The van der Waals surface area contributed by atoms with Crippen molar-refractivity contribution in [3.8, 4) is 11.6 Å². The van der Waals surface area contributed by atoms with Gasteiger partial charge in [-0.1, -0.05) is 6.07 Å². The summed E-state index contributed by atoms with van der Waals surface area (Å²) in [5.41, 5.74) is 7.46. The number of nitrogens with one attached hydrogen (secondary N) is 1. The zero-order valence-corrected chi connectivity index (χ0v) is 11.0. The Morgan fingerprint density at radius 2 is 2.00 bits per heavy atom. The van der Waals surface area contributed by atoms with Crippen LogP contribution in [0.3, 0.4) is 0 Å². The van der Waals surface area contributed by atoms with Crippen LogP contribution >= 0.6 is 0 Å². The molecule has 0 bridgehead atoms. The fraction of sp³-hybridized carbons (Fsp3) is 0.214. The van der Waals surface area contributed by atoms with E-state index in [9.17, 15) is 0 Å². The molecule has 0 aliphatic heterocycles. The van der Waals surface area contributed by atoms with Crippen LogP contribution in [0, 0.1) is 0 Å². The molecule has 3 N–H and O–H groups in total. The van der Waals surface area contributed by atoms with E-state index in [2.05, 4.69) is 10.3 Å². The van der Waals surface area contributed by atoms with Crippen molar-refractivity contribution in [3.63, 3.8) is 0 Å². The standard InChI is InChI=1S/C14H17N3O2/c1-18-12-7-6-11(15)8-10(12)9-16-13-4-3-5-14(17-13)19-2/h3-8H,9,15H2,1-2H3,(H,16,17). The Morgan fingerprint density at radius 3 is 2.74 bits per heavy atom. The van der Waals surface area contributed by atoms with E-state index in [-0.39, 0.29) is 0 Å². The number of nitrogen functional groups attached to an aromatic ring is 1. The molecule has 100 valence electrons. The summed E-state index contributed by atoms with van der Waals surface area (Å²) in [5.74, 6) is 2.11. The van der Waals surface area contributed by atoms with Gasteiger partial charge in [0.05, 0.1) is 14.2 Å². The van der Waals surface area contributed by atoms with Crippen LogP contribution in [0.25, 0.3) is 0 Å². The molecule has 0 fully saturated rings. The predicted octanol–water partition coefficient (Wildman–Crippen LogP) is 2.29. The van der Waals surface area contributed by atoms with Crippen LogP contribution in [0.1, 0.15) is 5.56 Å². The van der Waals surface area contributed by atoms with E-state index in [1.54, 1.807) is 20.3 Å². The summed E-state index contributed by atoms with van der Waals surface area (Å²) in [4.78, 5) is 4.28. The molecular formula is C14H17N3O2. The molecule has 1 aromatic heterocycles. The van der Waals surface area contributed by atoms with Crippen LogP contribution in [-0.4, -0.2) is 19.2 Å². The zero-order chi connectivity index (χ0) is 13.7. The fourth-order valence-corrected chi connectivity index (χ4v) is 1.75. The van der Waals surface area contributed by atoms with Crippen molar-refractivity contribution in [1.29, 1.82) is 0 Å². The van der Waals surface area contributed by atoms with Crippen LogP contribution in [0.5, 0.6) is 11.6 Å². The maximum atomic E-state index is 5.78. The second-order valence-electron chi connectivity index (χ2n) is 3.99. The predicted molar refractivity (Wildman–Crippen MR) is 75.5 cm³/mol. The van der Waals surface area contributed by atoms with Gasteiger partial charge in [0.15, 0.2) is 0 Å². The van der Waals surface area contributed by atoms with E-state index in [1.165, 1.54) is 0 Å². The van der Waals surface area contributed by atoms with Crippen molar-refractivity contribution in [2.24, 2.45) is 0 Å². The smallest absolute Gasteiger partial charge is 0.214 e. The fourth-order valence-electron chi connectivity index (χ4n) is 1.75. The topological polar surface area (TPSA) is 69.4 Å². The van der Waals surface area contributed by atoms with E-state index in [4.69, 9.17) is 15.2 Å². The highest BCUT2D eigenvalue weighted by Crippen LogP contribution is 2.22. The minimum Gasteiger partial charge on any atom is -0.496 e. The lowest BCUT2D eigenvalue weighted by molar-refractivity contribution is 0.398. The Balaban J connectivity index is 2.11. The molecule has 0 spiro atoms. The lowest BCUT2D eigenvalue weighted by atomic mass is 10.2. The minimum absolute atomic E-state index is 0.574. The molecule has 0 radical (unpaired) electrons. The van der Waals surface area contributed by atoms with E-state index < -0.39 is 0 Å². The third kappa shape index (κ3) is 3.28. The molecule has 2 aromatic rings. The molecule has 0 saturated heterocycles. The normalized spacial score (nSPS) is 10.0. The average molecular weight is 259 g/mol. The van der Waals surface area contributed by atoms with Gasteiger partial charge in [-0.25, -0.2) is 0 Å². The molecule has 1 aromatic carbocycles. The maximum Gasteiger partial charge on any atom is 0.214 e. The Bertz CT molecular complexity index is 558. The largest absolute Gasteiger partial charge is 0.496 e. The second kappa shape index (κ2) is 5.95. The highest BCUT2D eigenvalue weighted by atomic mass is 16.5. The number of hydrogen-bond acceptors (Lipinski definition) is 5. The summed E-state index contributed by atoms with van der Waals surface area (Å²) in [5, 5.41) is 3.21. The molecule has 1 heterocycles. The summed E-state index contributed by atoms with van der Waals surface area (Å²) in [6.45, 7) is 0.578. The molecule has 0 aliphatic rings. The van der Waals surface area contributed by atoms with E-state index in [0.717, 1.165) is 17.1 Å². The van der Waals surface area contributed by atoms with Crippen molar-refractivity contribution >= 4 is 11.5 Å². The summed E-state index contributed by atoms with van der Waals surface area (Å²) >= 11 is 0. The van der Waals surface area contributed by atoms with Crippen LogP contribution < -0.4 is 20.5 Å². The number of methoxy groups -OCH3 is 2. The molecule has 5 heteroatoms. The van der Waals surface area contributed by atoms with Gasteiger partial charge in [0, 0.05) is 23.9 Å². The number of pyridine rings is 1. The van der Waals surface area contributed by atoms with Crippen molar-refractivity contribution < 1.29 is 9.47 Å². The van der Waals surface area contributed by atoms with Crippen LogP contribution in [0.15, 0.2) is 36.4 Å². The second-order valence-corrected chi connectivity index (χ2v) is 3.99. The number of anilines is 2. The quantitative estimate of drug-likeness (QED) is 0.806. The highest BCUT2D eigenvalue weighted by Gasteiger charge is 2.04. The molecule has 0 saturated carbocycles. The zero-order valence-electron chi connectivity index (χ0n) is 11.0. The number of nitrogens with zero attached hydrogens (tertiary/aromatic N) is 1. The highest BCUT2D eigenvalue weighted by molar-refractivity contribution is 5.49. The number of hydrogen-bond donors (Lipinski definition) is 2. The van der Waals surface area contributed by atoms with Crippen molar-refractivity contribution in [1.82, 2.24) is 4.98 Å². The molecule has 0 aliphatic carbocycles. The van der Waals surface area contributed by atoms with Gasteiger partial charge in [-0.15, -0.1) is 0 Å². The molecule has 0 atom stereocenters. The first kappa shape index (κ1) is 13.0. The summed E-state index contributed by atoms with van der Waals surface area (Å²) in [6, 6.07) is 11.1. The number of ether oxygens (including phenoxy) is 2. The van der Waals surface area contributed by atoms with E-state index in [0.29, 0.717) is 18.1 Å². The molecule has 0 amide bonds. The first-order chi connectivity index (χ1) is 9.22. The van der Waals surface area contributed by atoms with Gasteiger partial charge in [-0.2, -0.15) is 4.98 Å². The van der Waals surface area contributed by atoms with Crippen molar-refractivity contribution in [2.75, 3.05) is 25.3 Å².